The van der Waals surface area contributed by atoms with Crippen LogP contribution in [-0.4, -0.2) is 17.2 Å². The Kier molecular flexibility index (Phi) is 3.34. The Bertz CT molecular complexity index is 601. The second-order valence-corrected chi connectivity index (χ2v) is 6.59. The normalized spacial score (nSPS) is 31.7. The Hall–Kier alpha value is -1.54. The lowest BCUT2D eigenvalue weighted by Gasteiger charge is -2.41. The van der Waals surface area contributed by atoms with Gasteiger partial charge in [-0.25, -0.2) is 0 Å². The minimum absolute atomic E-state index is 0.376. The number of aromatic hydroxyl groups is 1. The maximum atomic E-state index is 10.2. The van der Waals surface area contributed by atoms with Crippen LogP contribution in [0.4, 0.5) is 0 Å². The predicted octanol–water partition coefficient (Wildman–Crippen LogP) is 4.04. The van der Waals surface area contributed by atoms with Gasteiger partial charge in [0.15, 0.2) is 0 Å². The Morgan fingerprint density at radius 2 is 1.86 bits per heavy atom. The van der Waals surface area contributed by atoms with Crippen LogP contribution < -0.4 is 5.32 Å². The predicted molar refractivity (Wildman–Crippen MR) is 85.4 cm³/mol. The summed E-state index contributed by atoms with van der Waals surface area (Å²) in [6, 6.07) is 8.92. The number of para-hydroxylation sites is 1. The van der Waals surface area contributed by atoms with E-state index in [1.54, 1.807) is 0 Å². The molecule has 1 aliphatic heterocycles. The topological polar surface area (TPSA) is 32.3 Å². The summed E-state index contributed by atoms with van der Waals surface area (Å²) in [4.78, 5) is 0. The first-order valence-corrected chi connectivity index (χ1v) is 8.28. The number of fused-ring (bicyclic) bond motifs is 2. The summed E-state index contributed by atoms with van der Waals surface area (Å²) in [6.45, 7) is 0. The monoisotopic (exact) mass is 281 g/mol. The molecule has 0 spiro atoms. The number of hydrogen-bond acceptors (Lipinski definition) is 2. The number of rotatable bonds is 1. The molecule has 3 unspecified atom stereocenters. The van der Waals surface area contributed by atoms with E-state index in [4.69, 9.17) is 0 Å². The summed E-state index contributed by atoms with van der Waals surface area (Å²) in [5.41, 5.74) is 4.08. The van der Waals surface area contributed by atoms with Crippen LogP contribution in [-0.2, 0) is 0 Å². The Morgan fingerprint density at radius 1 is 1.00 bits per heavy atom. The number of allylic oxidation sites excluding steroid dienone is 1. The standard InChI is InChI=1S/C19H23NO/c21-19-11-4-2-7-15(19)14-8-5-10-18-16(14)12-13-6-1-3-9-17(13)20-18/h2,4,6-7,11-12,14,17-18,20-21H,1,3,5,8-10H2. The van der Waals surface area contributed by atoms with Gasteiger partial charge in [0, 0.05) is 23.6 Å². The molecular weight excluding hydrogens is 258 g/mol. The first-order valence-electron chi connectivity index (χ1n) is 8.28. The van der Waals surface area contributed by atoms with Gasteiger partial charge in [0.25, 0.3) is 0 Å². The molecular formula is C19H23NO. The fourth-order valence-corrected chi connectivity index (χ4v) is 4.27. The van der Waals surface area contributed by atoms with Crippen molar-refractivity contribution in [2.24, 2.45) is 0 Å². The second-order valence-electron chi connectivity index (χ2n) is 6.59. The molecule has 1 aromatic carbocycles. The quantitative estimate of drug-likeness (QED) is 0.814. The van der Waals surface area contributed by atoms with E-state index in [1.807, 2.05) is 18.2 Å². The SMILES string of the molecule is Oc1ccccc1C1CCCC2NC3CCCC=C3C=C21. The van der Waals surface area contributed by atoms with Crippen molar-refractivity contribution >= 4 is 0 Å². The highest BCUT2D eigenvalue weighted by atomic mass is 16.3. The molecule has 0 amide bonds. The summed E-state index contributed by atoms with van der Waals surface area (Å²) < 4.78 is 0. The lowest BCUT2D eigenvalue weighted by molar-refractivity contribution is 0.364. The van der Waals surface area contributed by atoms with Crippen LogP contribution in [0.1, 0.15) is 50.0 Å². The average molecular weight is 281 g/mol. The molecule has 110 valence electrons. The summed E-state index contributed by atoms with van der Waals surface area (Å²) in [5.74, 6) is 0.824. The molecule has 1 saturated carbocycles. The minimum atomic E-state index is 0.376. The molecule has 3 atom stereocenters. The molecule has 3 aliphatic rings. The Labute approximate surface area is 126 Å². The molecule has 0 bridgehead atoms. The van der Waals surface area contributed by atoms with Crippen LogP contribution in [0.5, 0.6) is 5.75 Å². The molecule has 0 saturated heterocycles. The molecule has 1 heterocycles. The number of phenolic OH excluding ortho intramolecular Hbond substituents is 1. The fourth-order valence-electron chi connectivity index (χ4n) is 4.27. The van der Waals surface area contributed by atoms with Crippen LogP contribution in [0, 0.1) is 0 Å². The van der Waals surface area contributed by atoms with Crippen LogP contribution in [0.15, 0.2) is 47.6 Å². The summed E-state index contributed by atoms with van der Waals surface area (Å²) >= 11 is 0. The van der Waals surface area contributed by atoms with Gasteiger partial charge in [-0.05, 0) is 49.3 Å². The highest BCUT2D eigenvalue weighted by Gasteiger charge is 2.35. The van der Waals surface area contributed by atoms with Crippen molar-refractivity contribution in [3.8, 4) is 5.75 Å². The van der Waals surface area contributed by atoms with Crippen molar-refractivity contribution in [3.05, 3.63) is 53.1 Å². The minimum Gasteiger partial charge on any atom is -0.508 e. The van der Waals surface area contributed by atoms with E-state index in [0.29, 0.717) is 23.8 Å². The van der Waals surface area contributed by atoms with Gasteiger partial charge in [-0.3, -0.25) is 0 Å². The second kappa shape index (κ2) is 5.34. The van der Waals surface area contributed by atoms with E-state index >= 15 is 0 Å². The summed E-state index contributed by atoms with van der Waals surface area (Å²) in [7, 11) is 0. The zero-order chi connectivity index (χ0) is 14.2. The molecule has 2 N–H and O–H groups in total. The maximum absolute atomic E-state index is 10.2. The zero-order valence-corrected chi connectivity index (χ0v) is 12.4. The first-order chi connectivity index (χ1) is 10.3. The van der Waals surface area contributed by atoms with Gasteiger partial charge >= 0.3 is 0 Å². The fraction of sp³-hybridized carbons (Fsp3) is 0.474. The number of benzene rings is 1. The zero-order valence-electron chi connectivity index (χ0n) is 12.4. The van der Waals surface area contributed by atoms with Gasteiger partial charge in [-0.1, -0.05) is 36.8 Å². The molecule has 0 aromatic heterocycles. The van der Waals surface area contributed by atoms with Crippen molar-refractivity contribution in [3.63, 3.8) is 0 Å². The van der Waals surface area contributed by atoms with Crippen molar-refractivity contribution in [1.82, 2.24) is 5.32 Å². The van der Waals surface area contributed by atoms with E-state index in [2.05, 4.69) is 23.5 Å². The number of nitrogens with one attached hydrogen (secondary N) is 1. The first kappa shape index (κ1) is 13.1. The lowest BCUT2D eigenvalue weighted by atomic mass is 9.72. The molecule has 21 heavy (non-hydrogen) atoms. The van der Waals surface area contributed by atoms with Gasteiger partial charge in [-0.2, -0.15) is 0 Å². The molecule has 4 rings (SSSR count). The largest absolute Gasteiger partial charge is 0.508 e. The average Bonchev–Trinajstić information content (AvgIpc) is 2.53. The van der Waals surface area contributed by atoms with Crippen molar-refractivity contribution in [2.45, 2.75) is 56.5 Å². The smallest absolute Gasteiger partial charge is 0.119 e. The number of hydrogen-bond donors (Lipinski definition) is 2. The van der Waals surface area contributed by atoms with Crippen LogP contribution >= 0.6 is 0 Å². The van der Waals surface area contributed by atoms with E-state index < -0.39 is 0 Å². The Balaban J connectivity index is 1.74. The van der Waals surface area contributed by atoms with E-state index in [1.165, 1.54) is 43.3 Å². The molecule has 1 fully saturated rings. The molecule has 1 aromatic rings. The van der Waals surface area contributed by atoms with Crippen LogP contribution in [0.3, 0.4) is 0 Å². The highest BCUT2D eigenvalue weighted by Crippen LogP contribution is 2.43. The molecule has 2 nitrogen and oxygen atoms in total. The third-order valence-corrected chi connectivity index (χ3v) is 5.32. The van der Waals surface area contributed by atoms with Crippen molar-refractivity contribution in [2.75, 3.05) is 0 Å². The van der Waals surface area contributed by atoms with Crippen molar-refractivity contribution < 1.29 is 5.11 Å². The third kappa shape index (κ3) is 2.32. The van der Waals surface area contributed by atoms with Gasteiger partial charge in [0.2, 0.25) is 0 Å². The Morgan fingerprint density at radius 3 is 2.76 bits per heavy atom. The van der Waals surface area contributed by atoms with E-state index in [0.717, 1.165) is 12.0 Å². The van der Waals surface area contributed by atoms with E-state index in [-0.39, 0.29) is 0 Å². The summed E-state index contributed by atoms with van der Waals surface area (Å²) in [6.07, 6.45) is 12.3. The molecule has 2 aliphatic carbocycles. The van der Waals surface area contributed by atoms with Gasteiger partial charge < -0.3 is 10.4 Å². The van der Waals surface area contributed by atoms with Gasteiger partial charge in [0.1, 0.15) is 5.75 Å². The van der Waals surface area contributed by atoms with Gasteiger partial charge in [-0.15, -0.1) is 0 Å². The van der Waals surface area contributed by atoms with Gasteiger partial charge in [0.05, 0.1) is 0 Å². The van der Waals surface area contributed by atoms with Crippen LogP contribution in [0.2, 0.25) is 0 Å². The highest BCUT2D eigenvalue weighted by molar-refractivity contribution is 5.46. The molecule has 2 heteroatoms. The van der Waals surface area contributed by atoms with E-state index in [9.17, 15) is 5.11 Å². The third-order valence-electron chi connectivity index (χ3n) is 5.32. The number of phenols is 1. The lowest BCUT2D eigenvalue weighted by Crippen LogP contribution is -2.47. The maximum Gasteiger partial charge on any atom is 0.119 e. The summed E-state index contributed by atoms with van der Waals surface area (Å²) in [5, 5.41) is 14.1. The molecule has 0 radical (unpaired) electrons. The van der Waals surface area contributed by atoms with Crippen molar-refractivity contribution in [1.29, 1.82) is 0 Å². The van der Waals surface area contributed by atoms with Crippen LogP contribution in [0.25, 0.3) is 0 Å².